The van der Waals surface area contributed by atoms with Gasteiger partial charge in [0.2, 0.25) is 5.91 Å². The van der Waals surface area contributed by atoms with Crippen LogP contribution in [0.4, 0.5) is 0 Å². The van der Waals surface area contributed by atoms with Gasteiger partial charge in [0.15, 0.2) is 0 Å². The number of amides is 1. The average Bonchev–Trinajstić information content (AvgIpc) is 3.00. The molecular weight excluding hydrogens is 242 g/mol. The summed E-state index contributed by atoms with van der Waals surface area (Å²) in [7, 11) is 0. The molecule has 0 unspecified atom stereocenters. The second kappa shape index (κ2) is 3.99. The van der Waals surface area contributed by atoms with Crippen LogP contribution in [0.1, 0.15) is 15.9 Å². The molecule has 0 radical (unpaired) electrons. The van der Waals surface area contributed by atoms with Gasteiger partial charge in [-0.05, 0) is 12.1 Å². The third kappa shape index (κ3) is 1.65. The minimum Gasteiger partial charge on any atom is -0.366 e. The number of carbonyl (C=O) groups is 1. The maximum Gasteiger partial charge on any atom is 0.249 e. The molecule has 2 aliphatic rings. The standard InChI is InChI=1S/C13H9N5O/c14-4-7-1-2-8(9(3-7)13(15)19)12-10-5-16-6-11(10)17-18-12/h1-3,5-6,17-18H,(H2,15,19). The number of H-pyrrole nitrogens is 2. The van der Waals surface area contributed by atoms with Crippen LogP contribution in [0.15, 0.2) is 30.6 Å². The lowest BCUT2D eigenvalue weighted by Gasteiger charge is -2.06. The Balaban J connectivity index is 2.24. The predicted octanol–water partition coefficient (Wildman–Crippen LogP) is 1.48. The Morgan fingerprint density at radius 3 is 2.84 bits per heavy atom. The Hall–Kier alpha value is -3.07. The van der Waals surface area contributed by atoms with E-state index in [0.29, 0.717) is 16.7 Å². The molecule has 0 bridgehead atoms. The highest BCUT2D eigenvalue weighted by Gasteiger charge is 2.18. The summed E-state index contributed by atoms with van der Waals surface area (Å²) < 4.78 is 0. The number of aromatic nitrogens is 3. The summed E-state index contributed by atoms with van der Waals surface area (Å²) in [5, 5.41) is 14.8. The second-order valence-electron chi connectivity index (χ2n) is 4.10. The first-order valence-electron chi connectivity index (χ1n) is 5.55. The van der Waals surface area contributed by atoms with Crippen LogP contribution in [0.25, 0.3) is 22.5 Å². The molecule has 1 amide bonds. The highest BCUT2D eigenvalue weighted by Crippen LogP contribution is 2.33. The molecule has 1 aromatic rings. The number of hydrogen-bond acceptors (Lipinski definition) is 3. The Morgan fingerprint density at radius 1 is 1.26 bits per heavy atom. The molecule has 3 rings (SSSR count). The molecule has 0 aliphatic carbocycles. The minimum absolute atomic E-state index is 0.303. The number of nitrogens with zero attached hydrogens (tertiary/aromatic N) is 2. The summed E-state index contributed by atoms with van der Waals surface area (Å²) in [6, 6.07) is 6.82. The molecule has 2 aliphatic heterocycles. The Kier molecular flexibility index (Phi) is 2.32. The number of nitrogens with two attached hydrogens (primary N) is 1. The SMILES string of the molecule is N#Cc1ccc(-c2[nH][nH]c3cncc2-3)c(C(N)=O)c1. The summed E-state index contributed by atoms with van der Waals surface area (Å²) in [5.41, 5.74) is 9.15. The van der Waals surface area contributed by atoms with Gasteiger partial charge >= 0.3 is 0 Å². The number of primary amides is 1. The van der Waals surface area contributed by atoms with Gasteiger partial charge in [-0.1, -0.05) is 6.07 Å². The van der Waals surface area contributed by atoms with Gasteiger partial charge in [0.05, 0.1) is 29.2 Å². The molecule has 0 saturated carbocycles. The third-order valence-corrected chi connectivity index (χ3v) is 2.97. The highest BCUT2D eigenvalue weighted by atomic mass is 16.1. The zero-order chi connectivity index (χ0) is 13.4. The van der Waals surface area contributed by atoms with E-state index in [1.807, 2.05) is 6.07 Å². The Labute approximate surface area is 108 Å². The van der Waals surface area contributed by atoms with Crippen LogP contribution in [0.5, 0.6) is 0 Å². The number of aromatic amines is 2. The van der Waals surface area contributed by atoms with Crippen molar-refractivity contribution in [2.24, 2.45) is 5.73 Å². The number of hydrogen-bond donors (Lipinski definition) is 3. The number of nitrogens with one attached hydrogen (secondary N) is 2. The molecule has 0 atom stereocenters. The molecule has 0 saturated heterocycles. The fourth-order valence-corrected chi connectivity index (χ4v) is 2.07. The van der Waals surface area contributed by atoms with Crippen molar-refractivity contribution in [3.05, 3.63) is 41.7 Å². The number of carbonyl (C=O) groups excluding carboxylic acids is 1. The average molecular weight is 251 g/mol. The van der Waals surface area contributed by atoms with Gasteiger partial charge in [-0.2, -0.15) is 5.26 Å². The maximum absolute atomic E-state index is 11.5. The lowest BCUT2D eigenvalue weighted by atomic mass is 9.99. The minimum atomic E-state index is -0.575. The van der Waals surface area contributed by atoms with Crippen molar-refractivity contribution in [1.29, 1.82) is 5.26 Å². The van der Waals surface area contributed by atoms with Gasteiger partial charge < -0.3 is 5.73 Å². The molecule has 6 nitrogen and oxygen atoms in total. The number of benzene rings is 1. The van der Waals surface area contributed by atoms with E-state index in [1.54, 1.807) is 24.5 Å². The van der Waals surface area contributed by atoms with Gasteiger partial charge in [-0.3, -0.25) is 20.0 Å². The largest absolute Gasteiger partial charge is 0.366 e. The molecule has 92 valence electrons. The van der Waals surface area contributed by atoms with E-state index in [2.05, 4.69) is 15.2 Å². The normalized spacial score (nSPS) is 10.5. The van der Waals surface area contributed by atoms with Crippen LogP contribution in [0.3, 0.4) is 0 Å². The fourth-order valence-electron chi connectivity index (χ4n) is 2.07. The first-order chi connectivity index (χ1) is 9.20. The van der Waals surface area contributed by atoms with Gasteiger partial charge in [-0.15, -0.1) is 0 Å². The van der Waals surface area contributed by atoms with Crippen molar-refractivity contribution in [1.82, 2.24) is 15.2 Å². The van der Waals surface area contributed by atoms with Crippen LogP contribution < -0.4 is 5.73 Å². The summed E-state index contributed by atoms with van der Waals surface area (Å²) >= 11 is 0. The van der Waals surface area contributed by atoms with Crippen molar-refractivity contribution in [2.45, 2.75) is 0 Å². The number of nitriles is 1. The molecule has 0 aromatic heterocycles. The molecule has 2 heterocycles. The number of fused-ring (bicyclic) bond motifs is 1. The molecule has 19 heavy (non-hydrogen) atoms. The van der Waals surface area contributed by atoms with E-state index in [0.717, 1.165) is 17.0 Å². The summed E-state index contributed by atoms with van der Waals surface area (Å²) in [6.45, 7) is 0. The topological polar surface area (TPSA) is 111 Å². The summed E-state index contributed by atoms with van der Waals surface area (Å²) in [4.78, 5) is 15.6. The third-order valence-electron chi connectivity index (χ3n) is 2.97. The summed E-state index contributed by atoms with van der Waals surface area (Å²) in [5.74, 6) is -0.575. The number of rotatable bonds is 2. The van der Waals surface area contributed by atoms with Crippen molar-refractivity contribution >= 4 is 5.91 Å². The van der Waals surface area contributed by atoms with Gasteiger partial charge in [0.1, 0.15) is 0 Å². The van der Waals surface area contributed by atoms with Crippen LogP contribution in [-0.4, -0.2) is 21.1 Å². The summed E-state index contributed by atoms with van der Waals surface area (Å²) in [6.07, 6.45) is 3.38. The zero-order valence-corrected chi connectivity index (χ0v) is 9.77. The quantitative estimate of drug-likeness (QED) is 0.641. The van der Waals surface area contributed by atoms with Crippen molar-refractivity contribution in [3.63, 3.8) is 0 Å². The zero-order valence-electron chi connectivity index (χ0n) is 9.77. The van der Waals surface area contributed by atoms with Gasteiger partial charge in [0.25, 0.3) is 0 Å². The Bertz CT molecular complexity index is 777. The smallest absolute Gasteiger partial charge is 0.249 e. The highest BCUT2D eigenvalue weighted by molar-refractivity contribution is 6.01. The van der Waals surface area contributed by atoms with E-state index < -0.39 is 5.91 Å². The van der Waals surface area contributed by atoms with E-state index in [4.69, 9.17) is 11.0 Å². The van der Waals surface area contributed by atoms with Crippen LogP contribution in [0, 0.1) is 11.3 Å². The monoisotopic (exact) mass is 251 g/mol. The molecule has 4 N–H and O–H groups in total. The van der Waals surface area contributed by atoms with E-state index in [9.17, 15) is 4.79 Å². The van der Waals surface area contributed by atoms with Crippen molar-refractivity contribution in [2.75, 3.05) is 0 Å². The van der Waals surface area contributed by atoms with Crippen LogP contribution >= 0.6 is 0 Å². The van der Waals surface area contributed by atoms with Crippen molar-refractivity contribution < 1.29 is 4.79 Å². The molecule has 1 aromatic carbocycles. The molecule has 0 fully saturated rings. The Morgan fingerprint density at radius 2 is 2.11 bits per heavy atom. The lowest BCUT2D eigenvalue weighted by Crippen LogP contribution is -2.12. The lowest BCUT2D eigenvalue weighted by molar-refractivity contribution is 0.100. The van der Waals surface area contributed by atoms with Crippen LogP contribution in [0.2, 0.25) is 0 Å². The van der Waals surface area contributed by atoms with Crippen LogP contribution in [-0.2, 0) is 0 Å². The van der Waals surface area contributed by atoms with Crippen molar-refractivity contribution in [3.8, 4) is 28.6 Å². The second-order valence-corrected chi connectivity index (χ2v) is 4.10. The van der Waals surface area contributed by atoms with E-state index in [-0.39, 0.29) is 0 Å². The molecular formula is C13H9N5O. The maximum atomic E-state index is 11.5. The van der Waals surface area contributed by atoms with E-state index in [1.165, 1.54) is 6.07 Å². The van der Waals surface area contributed by atoms with Gasteiger partial charge in [0, 0.05) is 22.9 Å². The molecule has 6 heteroatoms. The predicted molar refractivity (Wildman–Crippen MR) is 68.2 cm³/mol. The first kappa shape index (κ1) is 11.0. The van der Waals surface area contributed by atoms with Gasteiger partial charge in [-0.25, -0.2) is 0 Å². The molecule has 0 spiro atoms. The first-order valence-corrected chi connectivity index (χ1v) is 5.55. The fraction of sp³-hybridized carbons (Fsp3) is 0. The van der Waals surface area contributed by atoms with E-state index >= 15 is 0 Å².